The zero-order valence-electron chi connectivity index (χ0n) is 19.5. The number of carbonyl (C=O) groups excluding carboxylic acids is 2. The van der Waals surface area contributed by atoms with Crippen molar-refractivity contribution in [1.29, 1.82) is 0 Å². The second-order valence-corrected chi connectivity index (χ2v) is 10.5. The number of Topliss-reactive ketones (excluding diaryl/α,β-unsaturated/α-hetero) is 1. The van der Waals surface area contributed by atoms with E-state index in [1.165, 1.54) is 35.1 Å². The van der Waals surface area contributed by atoms with Crippen molar-refractivity contribution in [1.82, 2.24) is 10.2 Å². The predicted molar refractivity (Wildman–Crippen MR) is 137 cm³/mol. The second kappa shape index (κ2) is 9.95. The van der Waals surface area contributed by atoms with Gasteiger partial charge < -0.3 is 19.0 Å². The summed E-state index contributed by atoms with van der Waals surface area (Å²) in [7, 11) is 0. The van der Waals surface area contributed by atoms with Gasteiger partial charge in [0.05, 0.1) is 11.8 Å². The first kappa shape index (κ1) is 24.2. The minimum absolute atomic E-state index is 0.141. The first-order valence-corrected chi connectivity index (χ1v) is 13.2. The summed E-state index contributed by atoms with van der Waals surface area (Å²) in [5.41, 5.74) is 1.04. The molecular weight excluding hydrogens is 533 g/mol. The van der Waals surface area contributed by atoms with Gasteiger partial charge in [0, 0.05) is 11.3 Å². The lowest BCUT2D eigenvalue weighted by molar-refractivity contribution is -0.132. The summed E-state index contributed by atoms with van der Waals surface area (Å²) in [4.78, 5) is 27.7. The van der Waals surface area contributed by atoms with Crippen LogP contribution in [0.25, 0.3) is 5.76 Å². The van der Waals surface area contributed by atoms with Crippen molar-refractivity contribution in [3.8, 4) is 11.5 Å². The van der Waals surface area contributed by atoms with E-state index in [0.29, 0.717) is 34.8 Å². The SMILES string of the molecule is O=C1C(=O)N(c2nnc(SCc3ccc(F)cc3)s2)C(c2ccco2)/C1=C(\O)c1ccc2c(c1)OCCO2. The Morgan fingerprint density at radius 2 is 1.87 bits per heavy atom. The molecule has 1 fully saturated rings. The zero-order valence-corrected chi connectivity index (χ0v) is 21.1. The van der Waals surface area contributed by atoms with Crippen LogP contribution in [0.1, 0.15) is 22.9 Å². The van der Waals surface area contributed by atoms with Crippen LogP contribution in [0.2, 0.25) is 0 Å². The minimum atomic E-state index is -1.05. The van der Waals surface area contributed by atoms with Gasteiger partial charge >= 0.3 is 5.91 Å². The van der Waals surface area contributed by atoms with Crippen LogP contribution in [0, 0.1) is 5.82 Å². The number of thioether (sulfide) groups is 1. The van der Waals surface area contributed by atoms with Crippen LogP contribution in [-0.4, -0.2) is 40.2 Å². The van der Waals surface area contributed by atoms with E-state index in [-0.39, 0.29) is 33.6 Å². The summed E-state index contributed by atoms with van der Waals surface area (Å²) in [6, 6.07) is 13.1. The molecule has 1 saturated heterocycles. The number of ether oxygens (including phenoxy) is 2. The number of furan rings is 1. The fourth-order valence-electron chi connectivity index (χ4n) is 4.18. The van der Waals surface area contributed by atoms with Crippen molar-refractivity contribution in [2.75, 3.05) is 18.1 Å². The van der Waals surface area contributed by atoms with Crippen LogP contribution in [0.4, 0.5) is 9.52 Å². The highest BCUT2D eigenvalue weighted by Gasteiger charge is 2.49. The zero-order chi connectivity index (χ0) is 26.2. The van der Waals surface area contributed by atoms with E-state index in [2.05, 4.69) is 10.2 Å². The third kappa shape index (κ3) is 4.41. The van der Waals surface area contributed by atoms with Crippen LogP contribution in [0.15, 0.2) is 75.2 Å². The number of aliphatic hydroxyl groups is 1. The predicted octanol–water partition coefficient (Wildman–Crippen LogP) is 4.96. The van der Waals surface area contributed by atoms with Crippen molar-refractivity contribution >= 4 is 45.7 Å². The van der Waals surface area contributed by atoms with E-state index in [0.717, 1.165) is 16.9 Å². The molecule has 9 nitrogen and oxygen atoms in total. The number of carbonyl (C=O) groups is 2. The highest BCUT2D eigenvalue weighted by Crippen LogP contribution is 2.45. The van der Waals surface area contributed by atoms with Crippen LogP contribution in [-0.2, 0) is 15.3 Å². The Morgan fingerprint density at radius 1 is 1.08 bits per heavy atom. The molecule has 38 heavy (non-hydrogen) atoms. The van der Waals surface area contributed by atoms with Crippen molar-refractivity contribution in [3.63, 3.8) is 0 Å². The lowest BCUT2D eigenvalue weighted by Crippen LogP contribution is -2.29. The number of rotatable bonds is 6. The van der Waals surface area contributed by atoms with Crippen molar-refractivity contribution in [3.05, 3.63) is 89.1 Å². The van der Waals surface area contributed by atoms with E-state index >= 15 is 0 Å². The molecule has 2 aromatic heterocycles. The number of aromatic nitrogens is 2. The average molecular weight is 552 g/mol. The number of aliphatic hydroxyl groups excluding tert-OH is 1. The number of ketones is 1. The Morgan fingerprint density at radius 3 is 2.63 bits per heavy atom. The Kier molecular flexibility index (Phi) is 6.34. The molecule has 4 aromatic rings. The van der Waals surface area contributed by atoms with Gasteiger partial charge in [-0.15, -0.1) is 10.2 Å². The molecule has 2 aliphatic heterocycles. The maximum Gasteiger partial charge on any atom is 0.302 e. The summed E-state index contributed by atoms with van der Waals surface area (Å²) in [5, 5.41) is 19.7. The van der Waals surface area contributed by atoms with Crippen molar-refractivity contribution in [2.24, 2.45) is 0 Å². The largest absolute Gasteiger partial charge is 0.507 e. The molecule has 0 aliphatic carbocycles. The minimum Gasteiger partial charge on any atom is -0.507 e. The molecule has 0 saturated carbocycles. The van der Waals surface area contributed by atoms with E-state index < -0.39 is 17.7 Å². The van der Waals surface area contributed by atoms with Gasteiger partial charge in [-0.3, -0.25) is 14.5 Å². The molecule has 2 aromatic carbocycles. The Hall–Kier alpha value is -4.16. The standard InChI is InChI=1S/C26H18FN3O6S2/c27-16-6-3-14(4-7-16)13-37-26-29-28-25(38-26)30-21(18-2-1-9-34-18)20(23(32)24(30)33)22(31)15-5-8-17-19(12-15)36-11-10-35-17/h1-9,12,21,31H,10-11,13H2/b22-20+. The van der Waals surface area contributed by atoms with E-state index in [9.17, 15) is 19.1 Å². The van der Waals surface area contributed by atoms with Gasteiger partial charge in [0.15, 0.2) is 15.8 Å². The molecule has 192 valence electrons. The van der Waals surface area contributed by atoms with Gasteiger partial charge in [0.1, 0.15) is 36.6 Å². The van der Waals surface area contributed by atoms with Crippen molar-refractivity contribution < 1.29 is 33.0 Å². The molecule has 0 bridgehead atoms. The molecule has 4 heterocycles. The lowest BCUT2D eigenvalue weighted by Gasteiger charge is -2.21. The molecular formula is C26H18FN3O6S2. The van der Waals surface area contributed by atoms with Crippen molar-refractivity contribution in [2.45, 2.75) is 16.1 Å². The van der Waals surface area contributed by atoms with Crippen LogP contribution >= 0.6 is 23.1 Å². The molecule has 0 radical (unpaired) electrons. The average Bonchev–Trinajstić information content (AvgIpc) is 3.68. The molecule has 12 heteroatoms. The first-order chi connectivity index (χ1) is 18.5. The van der Waals surface area contributed by atoms with E-state index in [4.69, 9.17) is 13.9 Å². The molecule has 0 spiro atoms. The number of amides is 1. The monoisotopic (exact) mass is 551 g/mol. The molecule has 1 amide bonds. The molecule has 1 unspecified atom stereocenters. The molecule has 6 rings (SSSR count). The van der Waals surface area contributed by atoms with Crippen LogP contribution < -0.4 is 14.4 Å². The topological polar surface area (TPSA) is 115 Å². The highest BCUT2D eigenvalue weighted by molar-refractivity contribution is 8.00. The lowest BCUT2D eigenvalue weighted by atomic mass is 9.99. The van der Waals surface area contributed by atoms with E-state index in [1.54, 1.807) is 42.5 Å². The highest BCUT2D eigenvalue weighted by atomic mass is 32.2. The third-order valence-electron chi connectivity index (χ3n) is 5.95. The summed E-state index contributed by atoms with van der Waals surface area (Å²) in [5.74, 6) is -0.697. The number of fused-ring (bicyclic) bond motifs is 1. The number of halogens is 1. The number of benzene rings is 2. The number of hydrogen-bond acceptors (Lipinski definition) is 10. The molecule has 1 atom stereocenters. The maximum absolute atomic E-state index is 13.3. The first-order valence-electron chi connectivity index (χ1n) is 11.4. The van der Waals surface area contributed by atoms with Gasteiger partial charge in [-0.25, -0.2) is 4.39 Å². The van der Waals surface area contributed by atoms with Gasteiger partial charge in [-0.2, -0.15) is 0 Å². The summed E-state index contributed by atoms with van der Waals surface area (Å²) in [6.45, 7) is 0.764. The number of nitrogens with zero attached hydrogens (tertiary/aromatic N) is 3. The summed E-state index contributed by atoms with van der Waals surface area (Å²) in [6.07, 6.45) is 1.42. The number of hydrogen-bond donors (Lipinski definition) is 1. The maximum atomic E-state index is 13.3. The Balaban J connectivity index is 1.35. The normalized spacial score (nSPS) is 18.2. The van der Waals surface area contributed by atoms with Gasteiger partial charge in [0.25, 0.3) is 5.78 Å². The van der Waals surface area contributed by atoms with Crippen LogP contribution in [0.5, 0.6) is 11.5 Å². The van der Waals surface area contributed by atoms with Gasteiger partial charge in [0.2, 0.25) is 5.13 Å². The van der Waals surface area contributed by atoms with Gasteiger partial charge in [-0.1, -0.05) is 35.2 Å². The van der Waals surface area contributed by atoms with E-state index in [1.807, 2.05) is 0 Å². The second-order valence-electron chi connectivity index (χ2n) is 8.31. The third-order valence-corrected chi connectivity index (χ3v) is 8.08. The summed E-state index contributed by atoms with van der Waals surface area (Å²) < 4.78 is 30.5. The summed E-state index contributed by atoms with van der Waals surface area (Å²) >= 11 is 2.49. The van der Waals surface area contributed by atoms with Gasteiger partial charge in [-0.05, 0) is 48.0 Å². The quantitative estimate of drug-likeness (QED) is 0.117. The molecule has 2 aliphatic rings. The fraction of sp³-hybridized carbons (Fsp3) is 0.154. The fourth-order valence-corrected chi connectivity index (χ4v) is 6.00. The number of anilines is 1. The Bertz CT molecular complexity index is 1550. The molecule has 1 N–H and O–H groups in total. The smallest absolute Gasteiger partial charge is 0.302 e. The Labute approximate surface area is 223 Å². The van der Waals surface area contributed by atoms with Crippen LogP contribution in [0.3, 0.4) is 0 Å².